The van der Waals surface area contributed by atoms with E-state index in [2.05, 4.69) is 6.92 Å². The van der Waals surface area contributed by atoms with Crippen molar-refractivity contribution in [1.29, 1.82) is 0 Å². The molecule has 1 unspecified atom stereocenters. The van der Waals surface area contributed by atoms with Crippen molar-refractivity contribution in [2.24, 2.45) is 11.1 Å². The van der Waals surface area contributed by atoms with E-state index in [0.717, 1.165) is 11.3 Å². The van der Waals surface area contributed by atoms with Gasteiger partial charge in [0.05, 0.1) is 12.5 Å². The van der Waals surface area contributed by atoms with Crippen LogP contribution in [0.25, 0.3) is 0 Å². The fraction of sp³-hybridized carbons (Fsp3) is 0.500. The molecule has 0 amide bonds. The van der Waals surface area contributed by atoms with E-state index in [9.17, 15) is 4.79 Å². The van der Waals surface area contributed by atoms with Gasteiger partial charge in [-0.05, 0) is 37.3 Å². The molecule has 0 aromatic heterocycles. The van der Waals surface area contributed by atoms with Gasteiger partial charge < -0.3 is 10.5 Å². The summed E-state index contributed by atoms with van der Waals surface area (Å²) in [5.74, 6) is 0.751. The summed E-state index contributed by atoms with van der Waals surface area (Å²) in [6.07, 6.45) is 0. The Morgan fingerprint density at radius 3 is 2.39 bits per heavy atom. The number of ether oxygens (including phenoxy) is 1. The zero-order valence-corrected chi connectivity index (χ0v) is 12.2. The quantitative estimate of drug-likeness (QED) is 0.658. The fourth-order valence-corrected chi connectivity index (χ4v) is 2.41. The van der Waals surface area contributed by atoms with Crippen molar-refractivity contribution in [3.8, 4) is 0 Å². The molecule has 0 aliphatic rings. The van der Waals surface area contributed by atoms with E-state index in [-0.39, 0.29) is 12.0 Å². The number of thioether (sulfide) groups is 1. The Bertz CT molecular complexity index is 401. The van der Waals surface area contributed by atoms with Gasteiger partial charge in [-0.3, -0.25) is 4.79 Å². The van der Waals surface area contributed by atoms with Gasteiger partial charge in [0.15, 0.2) is 0 Å². The molecule has 0 aliphatic heterocycles. The Hall–Kier alpha value is -1.00. The van der Waals surface area contributed by atoms with Gasteiger partial charge in [0, 0.05) is 10.9 Å². The summed E-state index contributed by atoms with van der Waals surface area (Å²) in [4.78, 5) is 12.9. The van der Waals surface area contributed by atoms with E-state index < -0.39 is 5.41 Å². The normalized spacial score (nSPS) is 13.2. The molecule has 1 rings (SSSR count). The average molecular weight is 267 g/mol. The number of benzene rings is 1. The van der Waals surface area contributed by atoms with E-state index in [4.69, 9.17) is 10.5 Å². The molecule has 0 saturated carbocycles. The smallest absolute Gasteiger partial charge is 0.313 e. The fourth-order valence-electron chi connectivity index (χ4n) is 1.74. The molecule has 0 heterocycles. The molecule has 0 fully saturated rings. The van der Waals surface area contributed by atoms with Crippen LogP contribution in [0.2, 0.25) is 0 Å². The van der Waals surface area contributed by atoms with Gasteiger partial charge in [-0.1, -0.05) is 19.1 Å². The predicted molar refractivity (Wildman–Crippen MR) is 75.6 cm³/mol. The molecule has 0 aliphatic carbocycles. The van der Waals surface area contributed by atoms with Gasteiger partial charge in [-0.2, -0.15) is 0 Å². The molecule has 0 bridgehead atoms. The first kappa shape index (κ1) is 15.1. The average Bonchev–Trinajstić information content (AvgIpc) is 2.38. The molecule has 0 saturated heterocycles. The van der Waals surface area contributed by atoms with Crippen molar-refractivity contribution >= 4 is 17.7 Å². The number of esters is 1. The lowest BCUT2D eigenvalue weighted by Crippen LogP contribution is -2.37. The molecule has 4 heteroatoms. The molecule has 2 N–H and O–H groups in total. The first-order chi connectivity index (χ1) is 8.43. The monoisotopic (exact) mass is 267 g/mol. The minimum Gasteiger partial charge on any atom is -0.469 e. The molecule has 1 atom stereocenters. The summed E-state index contributed by atoms with van der Waals surface area (Å²) >= 11 is 1.78. The number of carbonyl (C=O) groups excluding carboxylic acids is 1. The highest BCUT2D eigenvalue weighted by molar-refractivity contribution is 7.99. The number of hydrogen-bond acceptors (Lipinski definition) is 4. The summed E-state index contributed by atoms with van der Waals surface area (Å²) in [5.41, 5.74) is 6.39. The lowest BCUT2D eigenvalue weighted by molar-refractivity contribution is -0.152. The number of carbonyl (C=O) groups is 1. The first-order valence-electron chi connectivity index (χ1n) is 6.00. The third kappa shape index (κ3) is 3.27. The van der Waals surface area contributed by atoms with Crippen LogP contribution >= 0.6 is 11.8 Å². The Balaban J connectivity index is 2.89. The van der Waals surface area contributed by atoms with Crippen LogP contribution in [0.15, 0.2) is 29.2 Å². The number of methoxy groups -OCH3 is 1. The van der Waals surface area contributed by atoms with Crippen molar-refractivity contribution in [2.45, 2.75) is 31.7 Å². The van der Waals surface area contributed by atoms with E-state index >= 15 is 0 Å². The second-order valence-corrected chi connectivity index (χ2v) is 6.03. The molecule has 18 heavy (non-hydrogen) atoms. The third-order valence-electron chi connectivity index (χ3n) is 3.04. The van der Waals surface area contributed by atoms with E-state index in [0.29, 0.717) is 0 Å². The highest BCUT2D eigenvalue weighted by atomic mass is 32.2. The molecule has 0 spiro atoms. The van der Waals surface area contributed by atoms with Crippen LogP contribution < -0.4 is 5.73 Å². The maximum atomic E-state index is 11.7. The SMILES string of the molecule is CCSc1ccc(C(N)C(C)(C)C(=O)OC)cc1. The lowest BCUT2D eigenvalue weighted by atomic mass is 9.81. The number of rotatable bonds is 5. The third-order valence-corrected chi connectivity index (χ3v) is 3.93. The molecule has 1 aromatic rings. The van der Waals surface area contributed by atoms with Crippen LogP contribution in [0.1, 0.15) is 32.4 Å². The molecular weight excluding hydrogens is 246 g/mol. The number of nitrogens with two attached hydrogens (primary N) is 1. The van der Waals surface area contributed by atoms with Crippen molar-refractivity contribution < 1.29 is 9.53 Å². The second-order valence-electron chi connectivity index (χ2n) is 4.69. The van der Waals surface area contributed by atoms with Crippen LogP contribution in [-0.2, 0) is 9.53 Å². The summed E-state index contributed by atoms with van der Waals surface area (Å²) in [6.45, 7) is 5.72. The van der Waals surface area contributed by atoms with Crippen LogP contribution in [0.3, 0.4) is 0 Å². The first-order valence-corrected chi connectivity index (χ1v) is 6.98. The maximum absolute atomic E-state index is 11.7. The minimum absolute atomic E-state index is 0.290. The van der Waals surface area contributed by atoms with Gasteiger partial charge in [0.25, 0.3) is 0 Å². The predicted octanol–water partition coefficient (Wildman–Crippen LogP) is 3.00. The van der Waals surface area contributed by atoms with Crippen LogP contribution in [0, 0.1) is 5.41 Å². The van der Waals surface area contributed by atoms with Crippen molar-refractivity contribution in [3.63, 3.8) is 0 Å². The van der Waals surface area contributed by atoms with Crippen LogP contribution in [0.4, 0.5) is 0 Å². The lowest BCUT2D eigenvalue weighted by Gasteiger charge is -2.29. The van der Waals surface area contributed by atoms with Crippen LogP contribution in [-0.4, -0.2) is 18.8 Å². The standard InChI is InChI=1S/C14H21NO2S/c1-5-18-11-8-6-10(7-9-11)12(15)14(2,3)13(16)17-4/h6-9,12H,5,15H2,1-4H3. The van der Waals surface area contributed by atoms with E-state index in [1.165, 1.54) is 12.0 Å². The molecule has 3 nitrogen and oxygen atoms in total. The van der Waals surface area contributed by atoms with Gasteiger partial charge >= 0.3 is 5.97 Å². The van der Waals surface area contributed by atoms with Gasteiger partial charge in [0.1, 0.15) is 0 Å². The van der Waals surface area contributed by atoms with Gasteiger partial charge in [0.2, 0.25) is 0 Å². The Kier molecular flexibility index (Phi) is 5.23. The molecule has 1 aromatic carbocycles. The summed E-state index contributed by atoms with van der Waals surface area (Å²) < 4.78 is 4.80. The highest BCUT2D eigenvalue weighted by Crippen LogP contribution is 2.33. The van der Waals surface area contributed by atoms with E-state index in [1.54, 1.807) is 25.6 Å². The van der Waals surface area contributed by atoms with Crippen molar-refractivity contribution in [1.82, 2.24) is 0 Å². The summed E-state index contributed by atoms with van der Waals surface area (Å²) in [5, 5.41) is 0. The second kappa shape index (κ2) is 6.25. The topological polar surface area (TPSA) is 52.3 Å². The maximum Gasteiger partial charge on any atom is 0.313 e. The highest BCUT2D eigenvalue weighted by Gasteiger charge is 2.36. The minimum atomic E-state index is -0.728. The van der Waals surface area contributed by atoms with Gasteiger partial charge in [-0.25, -0.2) is 0 Å². The van der Waals surface area contributed by atoms with Crippen molar-refractivity contribution in [3.05, 3.63) is 29.8 Å². The van der Waals surface area contributed by atoms with Crippen LogP contribution in [0.5, 0.6) is 0 Å². The Morgan fingerprint density at radius 1 is 1.39 bits per heavy atom. The molecule has 100 valence electrons. The summed E-state index contributed by atoms with van der Waals surface area (Å²) in [7, 11) is 1.39. The largest absolute Gasteiger partial charge is 0.469 e. The zero-order valence-electron chi connectivity index (χ0n) is 11.4. The molecular formula is C14H21NO2S. The zero-order chi connectivity index (χ0) is 13.8. The Morgan fingerprint density at radius 2 is 1.94 bits per heavy atom. The van der Waals surface area contributed by atoms with Crippen molar-refractivity contribution in [2.75, 3.05) is 12.9 Å². The molecule has 0 radical (unpaired) electrons. The van der Waals surface area contributed by atoms with Gasteiger partial charge in [-0.15, -0.1) is 11.8 Å². The van der Waals surface area contributed by atoms with E-state index in [1.807, 2.05) is 24.3 Å². The summed E-state index contributed by atoms with van der Waals surface area (Å²) in [6, 6.07) is 7.67. The number of hydrogen-bond donors (Lipinski definition) is 1. The Labute approximate surface area is 113 Å².